The number of hydrogen-bond donors (Lipinski definition) is 1. The lowest BCUT2D eigenvalue weighted by atomic mass is 10.5. The van der Waals surface area contributed by atoms with Crippen LogP contribution in [0.4, 0.5) is 0 Å². The van der Waals surface area contributed by atoms with Crippen LogP contribution < -0.4 is 4.72 Å². The summed E-state index contributed by atoms with van der Waals surface area (Å²) in [5.74, 6) is 0.430. The lowest BCUT2D eigenvalue weighted by Gasteiger charge is -1.94. The maximum Gasteiger partial charge on any atom is 0.297 e. The summed E-state index contributed by atoms with van der Waals surface area (Å²) in [6, 6.07) is 0. The summed E-state index contributed by atoms with van der Waals surface area (Å²) >= 11 is 5.25. The molecule has 0 aliphatic heterocycles. The van der Waals surface area contributed by atoms with Crippen molar-refractivity contribution in [3.05, 3.63) is 0 Å². The Kier molecular flexibility index (Phi) is 4.56. The van der Waals surface area contributed by atoms with Gasteiger partial charge in [-0.15, -0.1) is 11.6 Å². The quantitative estimate of drug-likeness (QED) is 0.404. The van der Waals surface area contributed by atoms with Crippen molar-refractivity contribution in [1.29, 1.82) is 0 Å². The van der Waals surface area contributed by atoms with E-state index in [4.69, 9.17) is 22.3 Å². The smallest absolute Gasteiger partial charge is 0.202 e. The highest BCUT2D eigenvalue weighted by Crippen LogP contribution is 1.89. The van der Waals surface area contributed by atoms with Gasteiger partial charge in [-0.3, -0.25) is 0 Å². The number of nitrogens with one attached hydrogen (secondary N) is 1. The van der Waals surface area contributed by atoms with Gasteiger partial charge in [0.15, 0.2) is 0 Å². The summed E-state index contributed by atoms with van der Waals surface area (Å²) in [4.78, 5) is 0. The maximum absolute atomic E-state index is 10.1. The third-order valence-corrected chi connectivity index (χ3v) is 1.73. The summed E-state index contributed by atoms with van der Waals surface area (Å²) < 4.78 is 22.3. The van der Waals surface area contributed by atoms with Crippen LogP contribution in [-0.4, -0.2) is 20.8 Å². The molecule has 0 saturated carbocycles. The molecule has 0 bridgehead atoms. The molecule has 0 radical (unpaired) electrons. The fourth-order valence-electron chi connectivity index (χ4n) is 0.261. The standard InChI is InChI=1S/C3H7Cl2NO2S/c4-2-1-3-6-9(5,7)8/h6H,1-3H2. The van der Waals surface area contributed by atoms with E-state index in [1.165, 1.54) is 0 Å². The molecule has 0 fully saturated rings. The van der Waals surface area contributed by atoms with Crippen molar-refractivity contribution in [3.63, 3.8) is 0 Å². The first-order chi connectivity index (χ1) is 4.06. The number of halogens is 2. The second-order valence-corrected chi connectivity index (χ2v) is 4.14. The van der Waals surface area contributed by atoms with E-state index in [0.29, 0.717) is 18.8 Å². The van der Waals surface area contributed by atoms with Crippen molar-refractivity contribution < 1.29 is 8.42 Å². The molecule has 0 aromatic heterocycles. The van der Waals surface area contributed by atoms with Crippen LogP contribution in [0.3, 0.4) is 0 Å². The molecule has 0 aliphatic rings. The van der Waals surface area contributed by atoms with Crippen molar-refractivity contribution in [2.75, 3.05) is 12.4 Å². The molecule has 0 atom stereocenters. The molecule has 3 nitrogen and oxygen atoms in total. The van der Waals surface area contributed by atoms with Crippen LogP contribution in [-0.2, 0) is 9.24 Å². The summed E-state index contributed by atoms with van der Waals surface area (Å²) in [5.41, 5.74) is 0. The summed E-state index contributed by atoms with van der Waals surface area (Å²) in [6.07, 6.45) is 0.591. The van der Waals surface area contributed by atoms with Crippen molar-refractivity contribution in [1.82, 2.24) is 4.72 Å². The lowest BCUT2D eigenvalue weighted by molar-refractivity contribution is 0.595. The van der Waals surface area contributed by atoms with Crippen LogP contribution >= 0.6 is 22.3 Å². The van der Waals surface area contributed by atoms with E-state index in [1.807, 2.05) is 0 Å². The molecule has 0 aliphatic carbocycles. The highest BCUT2D eigenvalue weighted by atomic mass is 35.7. The Morgan fingerprint density at radius 1 is 1.44 bits per heavy atom. The molecule has 0 amide bonds. The van der Waals surface area contributed by atoms with Gasteiger partial charge in [0.1, 0.15) is 0 Å². The van der Waals surface area contributed by atoms with Crippen molar-refractivity contribution >= 4 is 31.5 Å². The van der Waals surface area contributed by atoms with E-state index in [2.05, 4.69) is 4.72 Å². The molecule has 0 aromatic rings. The van der Waals surface area contributed by atoms with Gasteiger partial charge in [0.2, 0.25) is 0 Å². The number of rotatable bonds is 4. The van der Waals surface area contributed by atoms with Crippen LogP contribution in [0.1, 0.15) is 6.42 Å². The topological polar surface area (TPSA) is 46.2 Å². The maximum atomic E-state index is 10.1. The first-order valence-electron chi connectivity index (χ1n) is 2.31. The monoisotopic (exact) mass is 191 g/mol. The first-order valence-corrected chi connectivity index (χ1v) is 5.16. The molecule has 0 unspecified atom stereocenters. The van der Waals surface area contributed by atoms with Gasteiger partial charge in [-0.2, -0.15) is 8.42 Å². The van der Waals surface area contributed by atoms with E-state index in [0.717, 1.165) is 0 Å². The second kappa shape index (κ2) is 4.33. The zero-order chi connectivity index (χ0) is 7.33. The van der Waals surface area contributed by atoms with Crippen LogP contribution in [0, 0.1) is 0 Å². The predicted molar refractivity (Wildman–Crippen MR) is 38.1 cm³/mol. The molecule has 56 valence electrons. The average Bonchev–Trinajstić information content (AvgIpc) is 1.63. The molecule has 0 aromatic carbocycles. The minimum Gasteiger partial charge on any atom is -0.202 e. The van der Waals surface area contributed by atoms with E-state index in [-0.39, 0.29) is 0 Å². The Morgan fingerprint density at radius 2 is 2.00 bits per heavy atom. The molecule has 0 spiro atoms. The minimum atomic E-state index is -3.53. The Bertz CT molecular complexity index is 155. The van der Waals surface area contributed by atoms with Crippen LogP contribution in [0.5, 0.6) is 0 Å². The third kappa shape index (κ3) is 8.49. The largest absolute Gasteiger partial charge is 0.297 e. The first kappa shape index (κ1) is 9.49. The summed E-state index contributed by atoms with van der Waals surface area (Å²) in [5, 5.41) is 0. The van der Waals surface area contributed by atoms with Gasteiger partial charge < -0.3 is 0 Å². The van der Waals surface area contributed by atoms with Gasteiger partial charge in [-0.1, -0.05) is 0 Å². The van der Waals surface area contributed by atoms with Crippen LogP contribution in [0.25, 0.3) is 0 Å². The SMILES string of the molecule is O=S(=O)(Cl)NCCCCl. The summed E-state index contributed by atoms with van der Waals surface area (Å²) in [6.45, 7) is 0.301. The zero-order valence-corrected chi connectivity index (χ0v) is 6.93. The molecule has 1 N–H and O–H groups in total. The fourth-order valence-corrected chi connectivity index (χ4v) is 1.01. The lowest BCUT2D eigenvalue weighted by Crippen LogP contribution is -2.19. The van der Waals surface area contributed by atoms with E-state index in [1.54, 1.807) is 0 Å². The summed E-state index contributed by atoms with van der Waals surface area (Å²) in [7, 11) is 1.25. The average molecular weight is 192 g/mol. The Labute approximate surface area is 63.9 Å². The second-order valence-electron chi connectivity index (χ2n) is 1.37. The molecule has 0 rings (SSSR count). The number of hydrogen-bond acceptors (Lipinski definition) is 2. The predicted octanol–water partition coefficient (Wildman–Crippen LogP) is 0.689. The van der Waals surface area contributed by atoms with E-state index in [9.17, 15) is 8.42 Å². The fraction of sp³-hybridized carbons (Fsp3) is 1.00. The third-order valence-electron chi connectivity index (χ3n) is 0.585. The molecule has 6 heteroatoms. The molecule has 9 heavy (non-hydrogen) atoms. The molecule has 0 saturated heterocycles. The Hall–Kier alpha value is 0.490. The van der Waals surface area contributed by atoms with E-state index < -0.39 is 9.24 Å². The van der Waals surface area contributed by atoms with Gasteiger partial charge in [-0.25, -0.2) is 4.72 Å². The van der Waals surface area contributed by atoms with Crippen LogP contribution in [0.2, 0.25) is 0 Å². The van der Waals surface area contributed by atoms with Gasteiger partial charge >= 0.3 is 0 Å². The Balaban J connectivity index is 3.30. The minimum absolute atomic E-state index is 0.301. The van der Waals surface area contributed by atoms with Gasteiger partial charge in [0.25, 0.3) is 9.24 Å². The molecular formula is C3H7Cl2NO2S. The molecular weight excluding hydrogens is 185 g/mol. The Morgan fingerprint density at radius 3 is 2.33 bits per heavy atom. The highest BCUT2D eigenvalue weighted by Gasteiger charge is 1.99. The van der Waals surface area contributed by atoms with E-state index >= 15 is 0 Å². The van der Waals surface area contributed by atoms with Gasteiger partial charge in [0.05, 0.1) is 0 Å². The van der Waals surface area contributed by atoms with Gasteiger partial charge in [-0.05, 0) is 6.42 Å². The molecule has 0 heterocycles. The van der Waals surface area contributed by atoms with Crippen LogP contribution in [0.15, 0.2) is 0 Å². The van der Waals surface area contributed by atoms with Crippen molar-refractivity contribution in [3.8, 4) is 0 Å². The van der Waals surface area contributed by atoms with Gasteiger partial charge in [0, 0.05) is 23.1 Å². The van der Waals surface area contributed by atoms with Crippen molar-refractivity contribution in [2.45, 2.75) is 6.42 Å². The van der Waals surface area contributed by atoms with Crippen molar-refractivity contribution in [2.24, 2.45) is 0 Å². The highest BCUT2D eigenvalue weighted by molar-refractivity contribution is 8.12. The number of alkyl halides is 1. The normalized spacial score (nSPS) is 11.8. The zero-order valence-electron chi connectivity index (χ0n) is 4.60.